The summed E-state index contributed by atoms with van der Waals surface area (Å²) in [5.74, 6) is -1.69. The number of carboxylic acids is 2. The minimum absolute atomic E-state index is 0.0431. The van der Waals surface area contributed by atoms with Gasteiger partial charge in [0.15, 0.2) is 9.67 Å². The Hall–Kier alpha value is -2.98. The van der Waals surface area contributed by atoms with Gasteiger partial charge in [0.2, 0.25) is 5.88 Å². The summed E-state index contributed by atoms with van der Waals surface area (Å²) in [6, 6.07) is 5.05. The van der Waals surface area contributed by atoms with Crippen molar-refractivity contribution in [3.05, 3.63) is 32.6 Å². The summed E-state index contributed by atoms with van der Waals surface area (Å²) in [5.41, 5.74) is 1.29. The largest absolute Gasteiger partial charge is 0.497 e. The molecule has 1 aliphatic rings. The molecule has 28 heavy (non-hydrogen) atoms. The summed E-state index contributed by atoms with van der Waals surface area (Å²) < 4.78 is 6.96. The van der Waals surface area contributed by atoms with Gasteiger partial charge in [-0.15, -0.1) is 11.3 Å². The van der Waals surface area contributed by atoms with Crippen LogP contribution in [0.4, 0.5) is 5.69 Å². The molecule has 0 fully saturated rings. The Bertz CT molecular complexity index is 1080. The van der Waals surface area contributed by atoms with Gasteiger partial charge in [-0.25, -0.2) is 9.79 Å². The summed E-state index contributed by atoms with van der Waals surface area (Å²) in [6.07, 6.45) is 1.81. The second kappa shape index (κ2) is 7.95. The number of hydrogen-bond donors (Lipinski definition) is 3. The van der Waals surface area contributed by atoms with E-state index in [2.05, 4.69) is 4.99 Å². The van der Waals surface area contributed by atoms with E-state index in [1.807, 2.05) is 0 Å². The number of benzene rings is 1. The number of carboxylic acid groups (broad SMARTS) is 2. The van der Waals surface area contributed by atoms with Gasteiger partial charge < -0.3 is 20.1 Å². The minimum Gasteiger partial charge on any atom is -0.497 e. The quantitative estimate of drug-likeness (QED) is 0.586. The van der Waals surface area contributed by atoms with Crippen LogP contribution in [0.2, 0.25) is 0 Å². The molecule has 2 aromatic rings. The third-order valence-corrected chi connectivity index (χ3v) is 5.51. The molecular weight excluding hydrogens is 404 g/mol. The third-order valence-electron chi connectivity index (χ3n) is 4.13. The Kier molecular flexibility index (Phi) is 5.61. The van der Waals surface area contributed by atoms with Gasteiger partial charge in [0.25, 0.3) is 0 Å². The molecule has 2 heterocycles. The number of carbonyl (C=O) groups is 2. The highest BCUT2D eigenvalue weighted by molar-refractivity contribution is 7.73. The Labute approximate surface area is 168 Å². The van der Waals surface area contributed by atoms with Crippen LogP contribution in [0.25, 0.3) is 11.6 Å². The second-order valence-electron chi connectivity index (χ2n) is 5.91. The first-order valence-corrected chi connectivity index (χ1v) is 9.41. The van der Waals surface area contributed by atoms with Crippen LogP contribution in [0.1, 0.15) is 23.3 Å². The first-order chi connectivity index (χ1) is 13.3. The van der Waals surface area contributed by atoms with Gasteiger partial charge in [-0.2, -0.15) is 0 Å². The van der Waals surface area contributed by atoms with Gasteiger partial charge >= 0.3 is 11.9 Å². The van der Waals surface area contributed by atoms with E-state index in [0.29, 0.717) is 37.8 Å². The van der Waals surface area contributed by atoms with E-state index < -0.39 is 11.9 Å². The molecule has 0 spiro atoms. The lowest BCUT2D eigenvalue weighted by Crippen LogP contribution is -2.11. The molecule has 0 bridgehead atoms. The molecule has 0 unspecified atom stereocenters. The summed E-state index contributed by atoms with van der Waals surface area (Å²) in [6.45, 7) is 0.254. The molecule has 0 amide bonds. The zero-order valence-corrected chi connectivity index (χ0v) is 16.3. The van der Waals surface area contributed by atoms with Crippen molar-refractivity contribution in [2.24, 2.45) is 4.99 Å². The van der Waals surface area contributed by atoms with Crippen LogP contribution < -0.4 is 4.74 Å². The molecule has 0 atom stereocenters. The standard InChI is InChI=1S/C18H16N2O6S2/c1-26-9-4-5-10-11(15(17(24)25)19-12(10)7-9)8-13-16(23)20(18(27)28-13)6-2-3-14(21)22/h4-5,7-8,23H,2-3,6H2,1H3,(H,21,22)(H,24,25)/b11-8+. The van der Waals surface area contributed by atoms with Gasteiger partial charge in [0.05, 0.1) is 17.7 Å². The van der Waals surface area contributed by atoms with Gasteiger partial charge in [-0.05, 0) is 36.8 Å². The summed E-state index contributed by atoms with van der Waals surface area (Å²) in [7, 11) is 1.51. The van der Waals surface area contributed by atoms with Crippen molar-refractivity contribution in [2.45, 2.75) is 19.4 Å². The molecule has 1 aromatic heterocycles. The van der Waals surface area contributed by atoms with Crippen molar-refractivity contribution in [1.29, 1.82) is 0 Å². The molecule has 3 rings (SSSR count). The molecule has 0 saturated heterocycles. The predicted octanol–water partition coefficient (Wildman–Crippen LogP) is 3.57. The minimum atomic E-state index is -1.19. The van der Waals surface area contributed by atoms with Crippen LogP contribution in [0, 0.1) is 3.95 Å². The SMILES string of the molecule is COc1ccc2c(c1)N=C(C(=O)O)/C2=C/c1sc(=S)n(CCCC(=O)O)c1O. The van der Waals surface area contributed by atoms with E-state index >= 15 is 0 Å². The van der Waals surface area contributed by atoms with Crippen molar-refractivity contribution >= 4 is 58.5 Å². The normalized spacial score (nSPS) is 14.0. The Morgan fingerprint density at radius 2 is 2.11 bits per heavy atom. The third kappa shape index (κ3) is 3.82. The van der Waals surface area contributed by atoms with Crippen LogP contribution in [0.15, 0.2) is 23.2 Å². The number of fused-ring (bicyclic) bond motifs is 1. The lowest BCUT2D eigenvalue weighted by atomic mass is 10.0. The molecule has 1 aliphatic heterocycles. The lowest BCUT2D eigenvalue weighted by molar-refractivity contribution is -0.137. The number of aromatic hydroxyl groups is 1. The van der Waals surface area contributed by atoms with Crippen molar-refractivity contribution in [1.82, 2.24) is 4.57 Å². The van der Waals surface area contributed by atoms with E-state index in [0.717, 1.165) is 11.3 Å². The number of rotatable bonds is 7. The fourth-order valence-electron chi connectivity index (χ4n) is 2.80. The van der Waals surface area contributed by atoms with Crippen LogP contribution in [0.5, 0.6) is 11.6 Å². The second-order valence-corrected chi connectivity index (χ2v) is 7.59. The monoisotopic (exact) mass is 420 g/mol. The van der Waals surface area contributed by atoms with Crippen molar-refractivity contribution in [3.63, 3.8) is 0 Å². The summed E-state index contributed by atoms with van der Waals surface area (Å²) in [4.78, 5) is 26.9. The molecule has 10 heteroatoms. The number of thiazole rings is 1. The number of methoxy groups -OCH3 is 1. The fraction of sp³-hybridized carbons (Fsp3) is 0.222. The van der Waals surface area contributed by atoms with Crippen molar-refractivity contribution < 1.29 is 29.6 Å². The molecule has 1 aromatic carbocycles. The number of hydrogen-bond acceptors (Lipinski definition) is 7. The fourth-order valence-corrected chi connectivity index (χ4v) is 4.10. The summed E-state index contributed by atoms with van der Waals surface area (Å²) >= 11 is 6.37. The van der Waals surface area contributed by atoms with Crippen LogP contribution >= 0.6 is 23.6 Å². The molecule has 8 nitrogen and oxygen atoms in total. The first kappa shape index (κ1) is 19.8. The smallest absolute Gasteiger partial charge is 0.355 e. The Morgan fingerprint density at radius 3 is 2.75 bits per heavy atom. The van der Waals surface area contributed by atoms with Crippen LogP contribution in [-0.2, 0) is 16.1 Å². The molecule has 3 N–H and O–H groups in total. The molecule has 0 aliphatic carbocycles. The molecule has 0 saturated carbocycles. The predicted molar refractivity (Wildman–Crippen MR) is 107 cm³/mol. The zero-order chi connectivity index (χ0) is 20.4. The maximum atomic E-state index is 11.6. The number of aliphatic carboxylic acids is 2. The first-order valence-electron chi connectivity index (χ1n) is 8.18. The number of ether oxygens (including phenoxy) is 1. The highest BCUT2D eigenvalue weighted by Crippen LogP contribution is 2.40. The maximum absolute atomic E-state index is 11.6. The van der Waals surface area contributed by atoms with Gasteiger partial charge in [-0.3, -0.25) is 9.36 Å². The van der Waals surface area contributed by atoms with Crippen molar-refractivity contribution in [3.8, 4) is 11.6 Å². The van der Waals surface area contributed by atoms with Gasteiger partial charge in [0, 0.05) is 30.2 Å². The van der Waals surface area contributed by atoms with E-state index in [-0.39, 0.29) is 24.6 Å². The maximum Gasteiger partial charge on any atom is 0.355 e. The average molecular weight is 420 g/mol. The molecule has 0 radical (unpaired) electrons. The van der Waals surface area contributed by atoms with E-state index in [1.54, 1.807) is 18.2 Å². The van der Waals surface area contributed by atoms with Crippen LogP contribution in [0.3, 0.4) is 0 Å². The molecule has 146 valence electrons. The highest BCUT2D eigenvalue weighted by atomic mass is 32.1. The average Bonchev–Trinajstić information content (AvgIpc) is 3.13. The highest BCUT2D eigenvalue weighted by Gasteiger charge is 2.27. The van der Waals surface area contributed by atoms with E-state index in [1.165, 1.54) is 17.8 Å². The number of aliphatic imine (C=N–C) groups is 1. The van der Waals surface area contributed by atoms with Gasteiger partial charge in [0.1, 0.15) is 5.75 Å². The summed E-state index contributed by atoms with van der Waals surface area (Å²) in [5, 5.41) is 28.8. The topological polar surface area (TPSA) is 121 Å². The molecular formula is C18H16N2O6S2. The van der Waals surface area contributed by atoms with Crippen LogP contribution in [-0.4, -0.2) is 44.6 Å². The van der Waals surface area contributed by atoms with Crippen molar-refractivity contribution in [2.75, 3.05) is 7.11 Å². The zero-order valence-electron chi connectivity index (χ0n) is 14.7. The lowest BCUT2D eigenvalue weighted by Gasteiger charge is -2.05. The van der Waals surface area contributed by atoms with E-state index in [4.69, 9.17) is 22.1 Å². The van der Waals surface area contributed by atoms with Gasteiger partial charge in [-0.1, -0.05) is 0 Å². The number of nitrogens with zero attached hydrogens (tertiary/aromatic N) is 2. The Balaban J connectivity index is 2.01. The van der Waals surface area contributed by atoms with E-state index in [9.17, 15) is 19.8 Å². The Morgan fingerprint density at radius 1 is 1.36 bits per heavy atom. The number of aromatic nitrogens is 1.